The zero-order valence-corrected chi connectivity index (χ0v) is 19.4. The Morgan fingerprint density at radius 3 is 2.28 bits per heavy atom. The summed E-state index contributed by atoms with van der Waals surface area (Å²) in [7, 11) is -4.51. The SMILES string of the molecule is CC1=C/C(=C(\c2cc(C)c(O)c(Br)c2)c2ccccc2S(=O)(=O)O)C=C(Br)C1=O. The van der Waals surface area contributed by atoms with E-state index >= 15 is 0 Å². The van der Waals surface area contributed by atoms with Crippen molar-refractivity contribution in [1.29, 1.82) is 0 Å². The third-order valence-corrected chi connectivity index (χ3v) is 6.60. The fourth-order valence-corrected chi connectivity index (χ4v) is 4.95. The van der Waals surface area contributed by atoms with Gasteiger partial charge in [-0.25, -0.2) is 0 Å². The molecule has 0 saturated heterocycles. The van der Waals surface area contributed by atoms with Gasteiger partial charge in [-0.15, -0.1) is 0 Å². The average molecular weight is 540 g/mol. The summed E-state index contributed by atoms with van der Waals surface area (Å²) < 4.78 is 34.6. The highest BCUT2D eigenvalue weighted by atomic mass is 79.9. The van der Waals surface area contributed by atoms with E-state index in [1.807, 2.05) is 0 Å². The quantitative estimate of drug-likeness (QED) is 0.515. The molecule has 2 N–H and O–H groups in total. The first-order valence-corrected chi connectivity index (χ1v) is 11.4. The number of carbonyl (C=O) groups is 1. The second kappa shape index (κ2) is 8.02. The monoisotopic (exact) mass is 538 g/mol. The lowest BCUT2D eigenvalue weighted by Gasteiger charge is -2.19. The first-order chi connectivity index (χ1) is 13.5. The molecule has 150 valence electrons. The Hall–Kier alpha value is -2.00. The Kier molecular flexibility index (Phi) is 6.01. The van der Waals surface area contributed by atoms with Gasteiger partial charge in [-0.3, -0.25) is 9.35 Å². The van der Waals surface area contributed by atoms with Gasteiger partial charge in [0.1, 0.15) is 10.6 Å². The van der Waals surface area contributed by atoms with Crippen LogP contribution in [0.4, 0.5) is 0 Å². The topological polar surface area (TPSA) is 91.7 Å². The standard InChI is InChI=1S/C21H16Br2O5S/c1-11-7-13(9-16(22)20(11)24)19(14-8-12(2)21(25)17(23)10-14)15-5-3-4-6-18(15)29(26,27)28/h3-10,24H,1-2H3,(H,26,27,28)/b19-14-. The van der Waals surface area contributed by atoms with Crippen molar-refractivity contribution in [3.8, 4) is 5.75 Å². The molecule has 0 fully saturated rings. The molecule has 0 aliphatic heterocycles. The number of halogens is 2. The summed E-state index contributed by atoms with van der Waals surface area (Å²) in [5, 5.41) is 10.1. The van der Waals surface area contributed by atoms with Gasteiger partial charge in [0.15, 0.2) is 5.78 Å². The summed E-state index contributed by atoms with van der Waals surface area (Å²) in [6, 6.07) is 9.46. The van der Waals surface area contributed by atoms with E-state index in [4.69, 9.17) is 0 Å². The number of aryl methyl sites for hydroxylation is 1. The second-order valence-electron chi connectivity index (χ2n) is 6.57. The van der Waals surface area contributed by atoms with Gasteiger partial charge in [-0.05, 0) is 104 Å². The molecular formula is C21H16Br2O5S. The summed E-state index contributed by atoms with van der Waals surface area (Å²) in [5.41, 5.74) is 3.01. The lowest BCUT2D eigenvalue weighted by Crippen LogP contribution is -2.08. The number of ketones is 1. The molecule has 0 heterocycles. The molecule has 0 unspecified atom stereocenters. The highest BCUT2D eigenvalue weighted by molar-refractivity contribution is 9.12. The summed E-state index contributed by atoms with van der Waals surface area (Å²) in [5.74, 6) is -0.0948. The normalized spacial score (nSPS) is 16.4. The van der Waals surface area contributed by atoms with Crippen LogP contribution >= 0.6 is 31.9 Å². The summed E-state index contributed by atoms with van der Waals surface area (Å²) in [4.78, 5) is 11.9. The lowest BCUT2D eigenvalue weighted by molar-refractivity contribution is -0.111. The van der Waals surface area contributed by atoms with Crippen LogP contribution in [0.1, 0.15) is 23.6 Å². The smallest absolute Gasteiger partial charge is 0.295 e. The van der Waals surface area contributed by atoms with Crippen molar-refractivity contribution >= 4 is 53.3 Å². The molecule has 0 radical (unpaired) electrons. The van der Waals surface area contributed by atoms with Crippen molar-refractivity contribution in [2.24, 2.45) is 0 Å². The van der Waals surface area contributed by atoms with Crippen LogP contribution in [0.25, 0.3) is 5.57 Å². The van der Waals surface area contributed by atoms with Gasteiger partial charge >= 0.3 is 0 Å². The maximum atomic E-state index is 12.2. The third kappa shape index (κ3) is 4.30. The van der Waals surface area contributed by atoms with Crippen LogP contribution in [0.5, 0.6) is 5.75 Å². The molecule has 0 spiro atoms. The van der Waals surface area contributed by atoms with E-state index in [2.05, 4.69) is 31.9 Å². The summed E-state index contributed by atoms with van der Waals surface area (Å²) >= 11 is 6.58. The van der Waals surface area contributed by atoms with Crippen molar-refractivity contribution in [3.05, 3.63) is 85.3 Å². The number of hydrogen-bond acceptors (Lipinski definition) is 4. The zero-order valence-electron chi connectivity index (χ0n) is 15.4. The van der Waals surface area contributed by atoms with Crippen LogP contribution in [0.15, 0.2) is 73.5 Å². The molecule has 2 aromatic rings. The first kappa shape index (κ1) is 21.7. The van der Waals surface area contributed by atoms with Gasteiger partial charge in [0.25, 0.3) is 10.1 Å². The maximum absolute atomic E-state index is 12.2. The molecule has 2 aromatic carbocycles. The Balaban J connectivity index is 2.47. The molecule has 0 saturated carbocycles. The van der Waals surface area contributed by atoms with Gasteiger partial charge in [0.05, 0.1) is 8.96 Å². The van der Waals surface area contributed by atoms with Gasteiger partial charge < -0.3 is 5.11 Å². The van der Waals surface area contributed by atoms with E-state index in [0.717, 1.165) is 0 Å². The van der Waals surface area contributed by atoms with Crippen LogP contribution in [-0.4, -0.2) is 23.9 Å². The molecule has 1 aliphatic carbocycles. The lowest BCUT2D eigenvalue weighted by atomic mass is 9.88. The first-order valence-electron chi connectivity index (χ1n) is 8.41. The van der Waals surface area contributed by atoms with Gasteiger partial charge in [-0.1, -0.05) is 18.2 Å². The number of Topliss-reactive ketones (excluding diaryl/α,β-unsaturated/α-hetero) is 1. The zero-order chi connectivity index (χ0) is 21.5. The minimum atomic E-state index is -4.51. The van der Waals surface area contributed by atoms with Crippen LogP contribution in [0, 0.1) is 6.92 Å². The predicted octanol–water partition coefficient (Wildman–Crippen LogP) is 5.32. The van der Waals surface area contributed by atoms with Gasteiger partial charge in [0.2, 0.25) is 0 Å². The molecule has 0 amide bonds. The van der Waals surface area contributed by atoms with Crippen LogP contribution in [-0.2, 0) is 14.9 Å². The van der Waals surface area contributed by atoms with E-state index in [1.54, 1.807) is 50.3 Å². The fraction of sp³-hybridized carbons (Fsp3) is 0.0952. The highest BCUT2D eigenvalue weighted by Gasteiger charge is 2.24. The average Bonchev–Trinajstić information content (AvgIpc) is 2.64. The summed E-state index contributed by atoms with van der Waals surface area (Å²) in [6.45, 7) is 3.39. The Morgan fingerprint density at radius 2 is 1.69 bits per heavy atom. The third-order valence-electron chi connectivity index (χ3n) is 4.49. The number of aromatic hydroxyl groups is 1. The number of rotatable bonds is 3. The molecule has 0 bridgehead atoms. The van der Waals surface area contributed by atoms with Crippen molar-refractivity contribution in [3.63, 3.8) is 0 Å². The van der Waals surface area contributed by atoms with Crippen LogP contribution < -0.4 is 0 Å². The minimum absolute atomic E-state index is 0.0726. The van der Waals surface area contributed by atoms with Crippen LogP contribution in [0.3, 0.4) is 0 Å². The highest BCUT2D eigenvalue weighted by Crippen LogP contribution is 2.39. The molecule has 1 aliphatic rings. The molecular weight excluding hydrogens is 524 g/mol. The maximum Gasteiger partial charge on any atom is 0.295 e. The predicted molar refractivity (Wildman–Crippen MR) is 119 cm³/mol. The number of hydrogen-bond donors (Lipinski definition) is 2. The van der Waals surface area contributed by atoms with Crippen molar-refractivity contribution in [2.45, 2.75) is 18.7 Å². The van der Waals surface area contributed by atoms with Crippen LogP contribution in [0.2, 0.25) is 0 Å². The number of phenols is 1. The van der Waals surface area contributed by atoms with E-state index < -0.39 is 10.1 Å². The van der Waals surface area contributed by atoms with Crippen molar-refractivity contribution in [2.75, 3.05) is 0 Å². The summed E-state index contributed by atoms with van der Waals surface area (Å²) in [6.07, 6.45) is 3.28. The second-order valence-corrected chi connectivity index (χ2v) is 9.67. The number of carbonyl (C=O) groups excluding carboxylic acids is 1. The molecule has 5 nitrogen and oxygen atoms in total. The van der Waals surface area contributed by atoms with Crippen molar-refractivity contribution < 1.29 is 22.9 Å². The molecule has 29 heavy (non-hydrogen) atoms. The number of allylic oxidation sites excluding steroid dienone is 5. The molecule has 3 rings (SSSR count). The Bertz CT molecular complexity index is 1190. The Morgan fingerprint density at radius 1 is 1.03 bits per heavy atom. The molecule has 0 aromatic heterocycles. The van der Waals surface area contributed by atoms with E-state index in [0.29, 0.717) is 36.8 Å². The fourth-order valence-electron chi connectivity index (χ4n) is 3.13. The Labute approximate surface area is 185 Å². The molecule has 8 heteroatoms. The van der Waals surface area contributed by atoms with Crippen molar-refractivity contribution in [1.82, 2.24) is 0 Å². The van der Waals surface area contributed by atoms with E-state index in [9.17, 15) is 22.9 Å². The van der Waals surface area contributed by atoms with Gasteiger partial charge in [-0.2, -0.15) is 8.42 Å². The number of benzene rings is 2. The number of phenolic OH excluding ortho intramolecular Hbond substituents is 1. The van der Waals surface area contributed by atoms with E-state index in [-0.39, 0.29) is 22.0 Å². The van der Waals surface area contributed by atoms with Gasteiger partial charge in [0, 0.05) is 5.56 Å². The van der Waals surface area contributed by atoms with E-state index in [1.165, 1.54) is 12.1 Å². The molecule has 0 atom stereocenters. The largest absolute Gasteiger partial charge is 0.506 e. The minimum Gasteiger partial charge on any atom is -0.506 e.